The van der Waals surface area contributed by atoms with Crippen molar-refractivity contribution in [3.63, 3.8) is 0 Å². The van der Waals surface area contributed by atoms with E-state index in [9.17, 15) is 14.7 Å². The van der Waals surface area contributed by atoms with E-state index in [1.165, 1.54) is 38.4 Å². The van der Waals surface area contributed by atoms with Crippen LogP contribution >= 0.6 is 11.6 Å². The van der Waals surface area contributed by atoms with Crippen molar-refractivity contribution < 1.29 is 38.4 Å². The first-order valence-electron chi connectivity index (χ1n) is 11.6. The number of fused-ring (bicyclic) bond motifs is 1. The molecule has 38 heavy (non-hydrogen) atoms. The molecule has 3 aromatic carbocycles. The van der Waals surface area contributed by atoms with Crippen molar-refractivity contribution in [3.05, 3.63) is 76.3 Å². The Hall–Kier alpha value is -4.37. The van der Waals surface area contributed by atoms with Gasteiger partial charge in [0.15, 0.2) is 11.5 Å². The minimum absolute atomic E-state index is 0.131. The molecule has 1 N–H and O–H groups in total. The van der Waals surface area contributed by atoms with Gasteiger partial charge in [-0.15, -0.1) is 0 Å². The fraction of sp³-hybridized carbons (Fsp3) is 0.214. The second-order valence-electron chi connectivity index (χ2n) is 8.46. The molecule has 5 rings (SSSR count). The van der Waals surface area contributed by atoms with Crippen molar-refractivity contribution >= 4 is 34.7 Å². The molecular weight excluding hydrogens is 514 g/mol. The van der Waals surface area contributed by atoms with Crippen molar-refractivity contribution in [2.45, 2.75) is 6.04 Å². The van der Waals surface area contributed by atoms with Gasteiger partial charge in [-0.1, -0.05) is 23.7 Å². The molecule has 1 atom stereocenters. The molecule has 1 amide bonds. The number of nitrogens with zero attached hydrogens (tertiary/aromatic N) is 1. The summed E-state index contributed by atoms with van der Waals surface area (Å²) in [5.74, 6) is -0.123. The van der Waals surface area contributed by atoms with Crippen LogP contribution in [0.1, 0.15) is 17.2 Å². The van der Waals surface area contributed by atoms with E-state index < -0.39 is 23.5 Å². The van der Waals surface area contributed by atoms with E-state index in [2.05, 4.69) is 0 Å². The smallest absolute Gasteiger partial charge is 0.300 e. The summed E-state index contributed by atoms with van der Waals surface area (Å²) in [5.41, 5.74) is 0.922. The lowest BCUT2D eigenvalue weighted by Crippen LogP contribution is -2.29. The number of aliphatic hydroxyl groups is 1. The molecule has 10 heteroatoms. The number of ether oxygens (including phenoxy) is 5. The van der Waals surface area contributed by atoms with Gasteiger partial charge in [-0.05, 0) is 35.9 Å². The number of Topliss-reactive ketones (excluding diaryl/α,β-unsaturated/α-hetero) is 1. The van der Waals surface area contributed by atoms with Crippen molar-refractivity contribution in [3.8, 4) is 28.7 Å². The minimum Gasteiger partial charge on any atom is -0.507 e. The van der Waals surface area contributed by atoms with Crippen molar-refractivity contribution in [1.82, 2.24) is 0 Å². The Kier molecular flexibility index (Phi) is 6.77. The minimum atomic E-state index is -1.00. The number of carbonyl (C=O) groups excluding carboxylic acids is 2. The molecule has 1 fully saturated rings. The number of rotatable bonds is 6. The molecule has 2 aliphatic heterocycles. The Morgan fingerprint density at radius 2 is 1.66 bits per heavy atom. The second-order valence-corrected chi connectivity index (χ2v) is 8.87. The van der Waals surface area contributed by atoms with Gasteiger partial charge in [0.2, 0.25) is 0 Å². The van der Waals surface area contributed by atoms with Gasteiger partial charge in [0.25, 0.3) is 11.7 Å². The molecule has 0 aromatic heterocycles. The maximum absolute atomic E-state index is 13.5. The highest BCUT2D eigenvalue weighted by atomic mass is 35.5. The van der Waals surface area contributed by atoms with Crippen LogP contribution in [0.2, 0.25) is 5.02 Å². The number of carbonyl (C=O) groups is 2. The Bertz CT molecular complexity index is 1470. The Balaban J connectivity index is 1.74. The Morgan fingerprint density at radius 1 is 0.921 bits per heavy atom. The lowest BCUT2D eigenvalue weighted by atomic mass is 9.94. The summed E-state index contributed by atoms with van der Waals surface area (Å²) in [6.45, 7) is 0.763. The zero-order valence-electron chi connectivity index (χ0n) is 20.8. The predicted molar refractivity (Wildman–Crippen MR) is 140 cm³/mol. The molecule has 196 valence electrons. The summed E-state index contributed by atoms with van der Waals surface area (Å²) in [7, 11) is 4.37. The topological polar surface area (TPSA) is 104 Å². The van der Waals surface area contributed by atoms with Crippen molar-refractivity contribution in [2.24, 2.45) is 0 Å². The molecule has 1 unspecified atom stereocenters. The van der Waals surface area contributed by atoms with Gasteiger partial charge in [-0.2, -0.15) is 0 Å². The van der Waals surface area contributed by atoms with Crippen LogP contribution in [0.5, 0.6) is 28.7 Å². The van der Waals surface area contributed by atoms with Gasteiger partial charge in [-0.25, -0.2) is 0 Å². The average Bonchev–Trinajstić information content (AvgIpc) is 3.22. The molecule has 2 aliphatic rings. The molecular formula is C28H24ClNO8. The summed E-state index contributed by atoms with van der Waals surface area (Å²) in [5, 5.41) is 11.7. The number of benzene rings is 3. The highest BCUT2D eigenvalue weighted by Gasteiger charge is 2.47. The third-order valence-corrected chi connectivity index (χ3v) is 6.68. The lowest BCUT2D eigenvalue weighted by molar-refractivity contribution is -0.132. The molecule has 9 nitrogen and oxygen atoms in total. The van der Waals surface area contributed by atoms with Crippen LogP contribution in [0.4, 0.5) is 5.69 Å². The first-order chi connectivity index (χ1) is 18.4. The van der Waals surface area contributed by atoms with Crippen LogP contribution in [0.25, 0.3) is 5.76 Å². The second kappa shape index (κ2) is 10.2. The van der Waals surface area contributed by atoms with E-state index in [1.54, 1.807) is 42.5 Å². The van der Waals surface area contributed by atoms with Gasteiger partial charge in [0, 0.05) is 17.8 Å². The van der Waals surface area contributed by atoms with Gasteiger partial charge >= 0.3 is 0 Å². The lowest BCUT2D eigenvalue weighted by Gasteiger charge is -2.27. The fourth-order valence-electron chi connectivity index (χ4n) is 4.60. The number of amides is 1. The quantitative estimate of drug-likeness (QED) is 0.273. The highest BCUT2D eigenvalue weighted by molar-refractivity contribution is 6.51. The zero-order valence-corrected chi connectivity index (χ0v) is 21.6. The molecule has 0 spiro atoms. The van der Waals surface area contributed by atoms with Crippen LogP contribution in [0.3, 0.4) is 0 Å². The standard InChI is InChI=1S/C28H24ClNO8/c1-34-17-6-4-5-15(11-17)25-24(26(31)18-13-19(29)22(36-3)14-21(18)35-2)27(32)28(33)30(25)16-7-8-20-23(12-16)38-10-9-37-20/h4-8,11-14,25,31H,9-10H2,1-3H3/b26-24+. The molecule has 0 aliphatic carbocycles. The Labute approximate surface area is 223 Å². The molecule has 0 bridgehead atoms. The first-order valence-corrected chi connectivity index (χ1v) is 12.0. The Morgan fingerprint density at radius 3 is 2.37 bits per heavy atom. The summed E-state index contributed by atoms with van der Waals surface area (Å²) in [6, 6.07) is 13.8. The molecule has 0 saturated carbocycles. The highest BCUT2D eigenvalue weighted by Crippen LogP contribution is 2.46. The predicted octanol–water partition coefficient (Wildman–Crippen LogP) is 4.76. The number of halogens is 1. The number of hydrogen-bond acceptors (Lipinski definition) is 8. The number of methoxy groups -OCH3 is 3. The number of aliphatic hydroxyl groups excluding tert-OH is 1. The van der Waals surface area contributed by atoms with E-state index in [0.717, 1.165) is 0 Å². The maximum Gasteiger partial charge on any atom is 0.300 e. The van der Waals surface area contributed by atoms with Gasteiger partial charge in [0.05, 0.1) is 43.5 Å². The van der Waals surface area contributed by atoms with Crippen LogP contribution in [-0.4, -0.2) is 51.3 Å². The molecule has 2 heterocycles. The van der Waals surface area contributed by atoms with E-state index in [-0.39, 0.29) is 21.9 Å². The summed E-state index contributed by atoms with van der Waals surface area (Å²) in [6.07, 6.45) is 0. The number of anilines is 1. The average molecular weight is 538 g/mol. The summed E-state index contributed by atoms with van der Waals surface area (Å²) < 4.78 is 27.4. The van der Waals surface area contributed by atoms with Crippen LogP contribution in [-0.2, 0) is 9.59 Å². The zero-order chi connectivity index (χ0) is 27.0. The van der Waals surface area contributed by atoms with E-state index in [4.69, 9.17) is 35.3 Å². The van der Waals surface area contributed by atoms with Crippen molar-refractivity contribution in [2.75, 3.05) is 39.4 Å². The van der Waals surface area contributed by atoms with Crippen LogP contribution in [0.15, 0.2) is 60.2 Å². The third-order valence-electron chi connectivity index (χ3n) is 6.39. The fourth-order valence-corrected chi connectivity index (χ4v) is 4.84. The van der Waals surface area contributed by atoms with Gasteiger partial charge in [0.1, 0.15) is 36.2 Å². The molecule has 3 aromatic rings. The monoisotopic (exact) mass is 537 g/mol. The third kappa shape index (κ3) is 4.24. The van der Waals surface area contributed by atoms with Gasteiger partial charge in [-0.3, -0.25) is 14.5 Å². The van der Waals surface area contributed by atoms with Crippen LogP contribution < -0.4 is 28.6 Å². The molecule has 1 saturated heterocycles. The van der Waals surface area contributed by atoms with Gasteiger partial charge < -0.3 is 28.8 Å². The van der Waals surface area contributed by atoms with Crippen molar-refractivity contribution in [1.29, 1.82) is 0 Å². The number of ketones is 1. The van der Waals surface area contributed by atoms with E-state index >= 15 is 0 Å². The number of hydrogen-bond donors (Lipinski definition) is 1. The van der Waals surface area contributed by atoms with Crippen LogP contribution in [0, 0.1) is 0 Å². The first kappa shape index (κ1) is 25.3. The maximum atomic E-state index is 13.5. The molecule has 0 radical (unpaired) electrons. The van der Waals surface area contributed by atoms with E-state index in [0.29, 0.717) is 47.5 Å². The summed E-state index contributed by atoms with van der Waals surface area (Å²) >= 11 is 6.34. The van der Waals surface area contributed by atoms with E-state index in [1.807, 2.05) is 0 Å². The largest absolute Gasteiger partial charge is 0.507 e. The SMILES string of the molecule is COc1cccc(C2/C(=C(\O)c3cc(Cl)c(OC)cc3OC)C(=O)C(=O)N2c2ccc3c(c2)OCCO3)c1. The normalized spacial score (nSPS) is 17.9. The summed E-state index contributed by atoms with van der Waals surface area (Å²) in [4.78, 5) is 28.4.